The minimum Gasteiger partial charge on any atom is -0.497 e. The number of rotatable bonds is 5. The van der Waals surface area contributed by atoms with Crippen LogP contribution in [0.3, 0.4) is 0 Å². The molecular weight excluding hydrogens is 444 g/mol. The average molecular weight is 461 g/mol. The Morgan fingerprint density at radius 3 is 2.59 bits per heavy atom. The van der Waals surface area contributed by atoms with E-state index in [1.165, 1.54) is 11.3 Å². The van der Waals surface area contributed by atoms with Gasteiger partial charge >= 0.3 is 0 Å². The zero-order chi connectivity index (χ0) is 22.1. The van der Waals surface area contributed by atoms with Crippen molar-refractivity contribution < 1.29 is 9.53 Å². The van der Waals surface area contributed by atoms with Crippen molar-refractivity contribution in [3.05, 3.63) is 89.6 Å². The molecule has 0 fully saturated rings. The number of benzene rings is 3. The number of carbonyl (C=O) groups is 1. The molecule has 0 spiro atoms. The first-order valence-corrected chi connectivity index (χ1v) is 11.0. The number of amides is 1. The third kappa shape index (κ3) is 3.95. The number of halogens is 1. The van der Waals surface area contributed by atoms with E-state index in [0.717, 1.165) is 27.2 Å². The van der Waals surface area contributed by atoms with Gasteiger partial charge in [0, 0.05) is 16.8 Å². The minimum atomic E-state index is -0.289. The molecule has 1 amide bonds. The molecule has 0 aliphatic carbocycles. The molecule has 3 aromatic carbocycles. The number of para-hydroxylation sites is 1. The Hall–Kier alpha value is -3.68. The Balaban J connectivity index is 1.54. The van der Waals surface area contributed by atoms with Crippen LogP contribution in [0.2, 0.25) is 5.02 Å². The first-order valence-electron chi connectivity index (χ1n) is 9.78. The number of hydrogen-bond acceptors (Lipinski definition) is 5. The fraction of sp³-hybridized carbons (Fsp3) is 0.0417. The molecule has 0 bridgehead atoms. The molecule has 0 saturated heterocycles. The summed E-state index contributed by atoms with van der Waals surface area (Å²) in [6.45, 7) is 0. The largest absolute Gasteiger partial charge is 0.497 e. The number of carbonyl (C=O) groups excluding carboxylic acids is 1. The molecule has 0 radical (unpaired) electrons. The van der Waals surface area contributed by atoms with Crippen molar-refractivity contribution in [3.63, 3.8) is 0 Å². The third-order valence-corrected chi connectivity index (χ3v) is 6.08. The fourth-order valence-corrected chi connectivity index (χ4v) is 4.47. The molecule has 0 saturated carbocycles. The molecule has 8 heteroatoms. The summed E-state index contributed by atoms with van der Waals surface area (Å²) in [7, 11) is 1.61. The molecule has 158 valence electrons. The number of fused-ring (bicyclic) bond motifs is 1. The zero-order valence-corrected chi connectivity index (χ0v) is 18.5. The maximum atomic E-state index is 13.3. The second kappa shape index (κ2) is 8.45. The van der Waals surface area contributed by atoms with Gasteiger partial charge < -0.3 is 4.74 Å². The molecule has 2 heterocycles. The van der Waals surface area contributed by atoms with Crippen LogP contribution in [0.15, 0.2) is 79.0 Å². The van der Waals surface area contributed by atoms with Crippen LogP contribution >= 0.6 is 22.9 Å². The summed E-state index contributed by atoms with van der Waals surface area (Å²) in [6.07, 6.45) is 1.73. The van der Waals surface area contributed by atoms with Gasteiger partial charge in [0.2, 0.25) is 0 Å². The Kier molecular flexibility index (Phi) is 5.34. The van der Waals surface area contributed by atoms with Crippen molar-refractivity contribution in [2.45, 2.75) is 0 Å². The summed E-state index contributed by atoms with van der Waals surface area (Å²) in [4.78, 5) is 17.8. The predicted octanol–water partition coefficient (Wildman–Crippen LogP) is 6.06. The standard InChI is InChI=1S/C24H17ClN4O2S/c1-31-18-10-7-15(8-11-18)22-19(14-29(28-22)17-5-3-2-4-6-17)23(30)27-24-26-20-12-9-16(25)13-21(20)32-24/h2-14H,1H3,(H,26,27,30). The van der Waals surface area contributed by atoms with Crippen LogP contribution in [0.5, 0.6) is 5.75 Å². The third-order valence-electron chi connectivity index (χ3n) is 4.91. The van der Waals surface area contributed by atoms with Gasteiger partial charge in [-0.1, -0.05) is 41.1 Å². The summed E-state index contributed by atoms with van der Waals surface area (Å²) in [5.74, 6) is 0.443. The maximum Gasteiger partial charge on any atom is 0.261 e. The van der Waals surface area contributed by atoms with Gasteiger partial charge in [-0.3, -0.25) is 10.1 Å². The molecule has 0 unspecified atom stereocenters. The van der Waals surface area contributed by atoms with Crippen LogP contribution in [0.25, 0.3) is 27.2 Å². The van der Waals surface area contributed by atoms with E-state index in [1.807, 2.05) is 66.7 Å². The van der Waals surface area contributed by atoms with Gasteiger partial charge in [0.15, 0.2) is 5.13 Å². The van der Waals surface area contributed by atoms with Crippen LogP contribution in [0, 0.1) is 0 Å². The van der Waals surface area contributed by atoms with E-state index in [-0.39, 0.29) is 5.91 Å². The molecule has 6 nitrogen and oxygen atoms in total. The van der Waals surface area contributed by atoms with Gasteiger partial charge in [0.25, 0.3) is 5.91 Å². The van der Waals surface area contributed by atoms with Crippen molar-refractivity contribution in [1.82, 2.24) is 14.8 Å². The molecule has 32 heavy (non-hydrogen) atoms. The van der Waals surface area contributed by atoms with Gasteiger partial charge in [-0.15, -0.1) is 0 Å². The highest BCUT2D eigenvalue weighted by Crippen LogP contribution is 2.30. The van der Waals surface area contributed by atoms with E-state index >= 15 is 0 Å². The molecule has 0 atom stereocenters. The lowest BCUT2D eigenvalue weighted by molar-refractivity contribution is 0.102. The monoisotopic (exact) mass is 460 g/mol. The SMILES string of the molecule is COc1ccc(-c2nn(-c3ccccc3)cc2C(=O)Nc2nc3ccc(Cl)cc3s2)cc1. The summed E-state index contributed by atoms with van der Waals surface area (Å²) in [5, 5.41) is 8.75. The average Bonchev–Trinajstić information content (AvgIpc) is 3.43. The van der Waals surface area contributed by atoms with Crippen LogP contribution in [-0.4, -0.2) is 27.8 Å². The highest BCUT2D eigenvalue weighted by molar-refractivity contribution is 7.22. The highest BCUT2D eigenvalue weighted by Gasteiger charge is 2.20. The molecule has 0 aliphatic rings. The second-order valence-electron chi connectivity index (χ2n) is 6.99. The quantitative estimate of drug-likeness (QED) is 0.346. The summed E-state index contributed by atoms with van der Waals surface area (Å²) >= 11 is 7.45. The number of nitrogens with zero attached hydrogens (tertiary/aromatic N) is 3. The van der Waals surface area contributed by atoms with Crippen LogP contribution in [-0.2, 0) is 0 Å². The molecular formula is C24H17ClN4O2S. The lowest BCUT2D eigenvalue weighted by atomic mass is 10.1. The highest BCUT2D eigenvalue weighted by atomic mass is 35.5. The van der Waals surface area contributed by atoms with E-state index in [9.17, 15) is 4.79 Å². The molecule has 1 N–H and O–H groups in total. The minimum absolute atomic E-state index is 0.289. The number of anilines is 1. The van der Waals surface area contributed by atoms with E-state index in [2.05, 4.69) is 10.3 Å². The number of hydrogen-bond donors (Lipinski definition) is 1. The Morgan fingerprint density at radius 2 is 1.84 bits per heavy atom. The van der Waals surface area contributed by atoms with Gasteiger partial charge in [-0.2, -0.15) is 5.10 Å². The smallest absolute Gasteiger partial charge is 0.261 e. The molecule has 2 aromatic heterocycles. The molecule has 5 aromatic rings. The first-order chi connectivity index (χ1) is 15.6. The van der Waals surface area contributed by atoms with Gasteiger partial charge in [0.05, 0.1) is 28.6 Å². The van der Waals surface area contributed by atoms with E-state index in [4.69, 9.17) is 21.4 Å². The summed E-state index contributed by atoms with van der Waals surface area (Å²) < 4.78 is 7.86. The number of aromatic nitrogens is 3. The molecule has 0 aliphatic heterocycles. The van der Waals surface area contributed by atoms with Gasteiger partial charge in [-0.25, -0.2) is 9.67 Å². The van der Waals surface area contributed by atoms with Crippen molar-refractivity contribution in [3.8, 4) is 22.7 Å². The van der Waals surface area contributed by atoms with Gasteiger partial charge in [0.1, 0.15) is 11.4 Å². The number of thiazole rings is 1. The Morgan fingerprint density at radius 1 is 1.06 bits per heavy atom. The van der Waals surface area contributed by atoms with Crippen molar-refractivity contribution in [2.24, 2.45) is 0 Å². The van der Waals surface area contributed by atoms with Crippen LogP contribution < -0.4 is 10.1 Å². The second-order valence-corrected chi connectivity index (χ2v) is 8.45. The lowest BCUT2D eigenvalue weighted by Gasteiger charge is -2.04. The number of methoxy groups -OCH3 is 1. The number of ether oxygens (including phenoxy) is 1. The van der Waals surface area contributed by atoms with E-state index in [0.29, 0.717) is 21.4 Å². The Bertz CT molecular complexity index is 1410. The number of nitrogens with one attached hydrogen (secondary N) is 1. The van der Waals surface area contributed by atoms with E-state index in [1.54, 1.807) is 24.1 Å². The van der Waals surface area contributed by atoms with Crippen LogP contribution in [0.4, 0.5) is 5.13 Å². The topological polar surface area (TPSA) is 69.0 Å². The first kappa shape index (κ1) is 20.2. The van der Waals surface area contributed by atoms with E-state index < -0.39 is 0 Å². The van der Waals surface area contributed by atoms with Gasteiger partial charge in [-0.05, 0) is 54.6 Å². The van der Waals surface area contributed by atoms with Crippen molar-refractivity contribution in [2.75, 3.05) is 12.4 Å². The fourth-order valence-electron chi connectivity index (χ4n) is 3.33. The molecule has 5 rings (SSSR count). The van der Waals surface area contributed by atoms with Crippen LogP contribution in [0.1, 0.15) is 10.4 Å². The lowest BCUT2D eigenvalue weighted by Crippen LogP contribution is -2.12. The maximum absolute atomic E-state index is 13.3. The summed E-state index contributed by atoms with van der Waals surface area (Å²) in [6, 6.07) is 22.6. The Labute approximate surface area is 193 Å². The normalized spacial score (nSPS) is 10.9. The predicted molar refractivity (Wildman–Crippen MR) is 128 cm³/mol. The van der Waals surface area contributed by atoms with Crippen molar-refractivity contribution in [1.29, 1.82) is 0 Å². The summed E-state index contributed by atoms with van der Waals surface area (Å²) in [5.41, 5.74) is 3.46. The zero-order valence-electron chi connectivity index (χ0n) is 16.9. The van der Waals surface area contributed by atoms with Crippen molar-refractivity contribution >= 4 is 44.2 Å².